The van der Waals surface area contributed by atoms with Crippen LogP contribution in [0.15, 0.2) is 24.3 Å². The van der Waals surface area contributed by atoms with Crippen molar-refractivity contribution in [3.63, 3.8) is 0 Å². The third kappa shape index (κ3) is 4.64. The predicted octanol–water partition coefficient (Wildman–Crippen LogP) is 1.91. The number of benzene rings is 1. The van der Waals surface area contributed by atoms with E-state index in [4.69, 9.17) is 9.47 Å². The van der Waals surface area contributed by atoms with E-state index in [1.165, 1.54) is 31.4 Å². The molecule has 0 fully saturated rings. The van der Waals surface area contributed by atoms with E-state index < -0.39 is 18.1 Å². The standard InChI is InChI=1S/C14H19F2NO4/c1-14(12(18)20-3,17-8-9-19-2)10-4-6-11(7-5-10)21-13(15)16/h4-7,13,17H,8-9H2,1-3H3. The number of alkyl halides is 2. The first-order valence-corrected chi connectivity index (χ1v) is 6.31. The van der Waals surface area contributed by atoms with Gasteiger partial charge in [-0.25, -0.2) is 4.79 Å². The second-order valence-electron chi connectivity index (χ2n) is 4.44. The summed E-state index contributed by atoms with van der Waals surface area (Å²) in [6.07, 6.45) is 0. The number of hydrogen-bond acceptors (Lipinski definition) is 5. The molecule has 0 amide bonds. The van der Waals surface area contributed by atoms with Gasteiger partial charge in [-0.2, -0.15) is 8.78 Å². The van der Waals surface area contributed by atoms with Crippen LogP contribution in [0.2, 0.25) is 0 Å². The van der Waals surface area contributed by atoms with E-state index in [0.29, 0.717) is 18.7 Å². The van der Waals surface area contributed by atoms with Crippen molar-refractivity contribution in [1.82, 2.24) is 5.32 Å². The molecule has 0 aliphatic carbocycles. The summed E-state index contributed by atoms with van der Waals surface area (Å²) in [4.78, 5) is 12.0. The molecule has 1 rings (SSSR count). The van der Waals surface area contributed by atoms with Gasteiger partial charge in [-0.05, 0) is 24.6 Å². The van der Waals surface area contributed by atoms with E-state index in [1.54, 1.807) is 14.0 Å². The number of rotatable bonds is 8. The summed E-state index contributed by atoms with van der Waals surface area (Å²) >= 11 is 0. The van der Waals surface area contributed by atoms with Gasteiger partial charge in [0.1, 0.15) is 11.3 Å². The molecule has 118 valence electrons. The zero-order valence-electron chi connectivity index (χ0n) is 12.2. The molecule has 7 heteroatoms. The van der Waals surface area contributed by atoms with Gasteiger partial charge >= 0.3 is 12.6 Å². The lowest BCUT2D eigenvalue weighted by atomic mass is 9.92. The summed E-state index contributed by atoms with van der Waals surface area (Å²) in [7, 11) is 2.83. The molecule has 0 spiro atoms. The van der Waals surface area contributed by atoms with Crippen molar-refractivity contribution in [1.29, 1.82) is 0 Å². The zero-order chi connectivity index (χ0) is 15.9. The Morgan fingerprint density at radius 1 is 1.29 bits per heavy atom. The molecule has 0 saturated carbocycles. The molecule has 0 bridgehead atoms. The second kappa shape index (κ2) is 7.90. The van der Waals surface area contributed by atoms with Crippen LogP contribution in [0.5, 0.6) is 5.75 Å². The van der Waals surface area contributed by atoms with Crippen molar-refractivity contribution in [2.24, 2.45) is 0 Å². The van der Waals surface area contributed by atoms with Crippen LogP contribution in [0.3, 0.4) is 0 Å². The normalized spacial score (nSPS) is 13.8. The van der Waals surface area contributed by atoms with Gasteiger partial charge in [0.15, 0.2) is 0 Å². The molecule has 0 heterocycles. The maximum absolute atomic E-state index is 12.1. The van der Waals surface area contributed by atoms with Crippen molar-refractivity contribution in [3.8, 4) is 5.75 Å². The van der Waals surface area contributed by atoms with E-state index in [9.17, 15) is 13.6 Å². The highest BCUT2D eigenvalue weighted by Gasteiger charge is 2.35. The quantitative estimate of drug-likeness (QED) is 0.587. The Morgan fingerprint density at radius 2 is 1.90 bits per heavy atom. The Bertz CT molecular complexity index is 453. The molecule has 1 atom stereocenters. The number of carbonyl (C=O) groups is 1. The first-order chi connectivity index (χ1) is 9.93. The molecule has 1 aromatic carbocycles. The average Bonchev–Trinajstić information content (AvgIpc) is 2.46. The van der Waals surface area contributed by atoms with Gasteiger partial charge in [-0.15, -0.1) is 0 Å². The topological polar surface area (TPSA) is 56.8 Å². The molecule has 1 aromatic rings. The summed E-state index contributed by atoms with van der Waals surface area (Å²) in [5.74, 6) is -0.459. The largest absolute Gasteiger partial charge is 0.467 e. The fourth-order valence-electron chi connectivity index (χ4n) is 1.87. The monoisotopic (exact) mass is 303 g/mol. The van der Waals surface area contributed by atoms with Gasteiger partial charge < -0.3 is 14.2 Å². The maximum Gasteiger partial charge on any atom is 0.387 e. The van der Waals surface area contributed by atoms with Gasteiger partial charge in [0.05, 0.1) is 13.7 Å². The summed E-state index contributed by atoms with van der Waals surface area (Å²) < 4.78 is 38.3. The van der Waals surface area contributed by atoms with E-state index in [1.807, 2.05) is 0 Å². The fraction of sp³-hybridized carbons (Fsp3) is 0.500. The minimum atomic E-state index is -2.89. The highest BCUT2D eigenvalue weighted by atomic mass is 19.3. The van der Waals surface area contributed by atoms with E-state index in [0.717, 1.165) is 0 Å². The van der Waals surface area contributed by atoms with Crippen molar-refractivity contribution < 1.29 is 27.8 Å². The first-order valence-electron chi connectivity index (χ1n) is 6.31. The fourth-order valence-corrected chi connectivity index (χ4v) is 1.87. The highest BCUT2D eigenvalue weighted by Crippen LogP contribution is 2.25. The lowest BCUT2D eigenvalue weighted by Crippen LogP contribution is -2.48. The number of esters is 1. The van der Waals surface area contributed by atoms with Crippen LogP contribution in [0, 0.1) is 0 Å². The van der Waals surface area contributed by atoms with Crippen LogP contribution in [0.1, 0.15) is 12.5 Å². The summed E-state index contributed by atoms with van der Waals surface area (Å²) in [5.41, 5.74) is -0.525. The molecule has 1 N–H and O–H groups in total. The lowest BCUT2D eigenvalue weighted by molar-refractivity contribution is -0.148. The van der Waals surface area contributed by atoms with Crippen LogP contribution < -0.4 is 10.1 Å². The predicted molar refractivity (Wildman–Crippen MR) is 72.3 cm³/mol. The third-order valence-electron chi connectivity index (χ3n) is 3.04. The second-order valence-corrected chi connectivity index (χ2v) is 4.44. The smallest absolute Gasteiger partial charge is 0.387 e. The van der Waals surface area contributed by atoms with Gasteiger partial charge in [0.25, 0.3) is 0 Å². The minimum Gasteiger partial charge on any atom is -0.467 e. The minimum absolute atomic E-state index is 0.0258. The molecule has 21 heavy (non-hydrogen) atoms. The Hall–Kier alpha value is -1.73. The molecule has 0 radical (unpaired) electrons. The Morgan fingerprint density at radius 3 is 2.38 bits per heavy atom. The maximum atomic E-state index is 12.1. The highest BCUT2D eigenvalue weighted by molar-refractivity contribution is 5.82. The molecule has 0 aliphatic rings. The summed E-state index contributed by atoms with van der Waals surface area (Å²) in [5, 5.41) is 3.04. The number of hydrogen-bond donors (Lipinski definition) is 1. The number of nitrogens with one attached hydrogen (secondary N) is 1. The average molecular weight is 303 g/mol. The van der Waals surface area contributed by atoms with Crippen LogP contribution in [-0.4, -0.2) is 40.0 Å². The van der Waals surface area contributed by atoms with Crippen molar-refractivity contribution in [2.75, 3.05) is 27.4 Å². The summed E-state index contributed by atoms with van der Waals surface area (Å²) in [6, 6.07) is 5.82. The van der Waals surface area contributed by atoms with Gasteiger partial charge in [0.2, 0.25) is 0 Å². The van der Waals surface area contributed by atoms with E-state index >= 15 is 0 Å². The Kier molecular flexibility index (Phi) is 6.51. The van der Waals surface area contributed by atoms with E-state index in [2.05, 4.69) is 10.1 Å². The van der Waals surface area contributed by atoms with Crippen LogP contribution in [0.25, 0.3) is 0 Å². The van der Waals surface area contributed by atoms with Crippen LogP contribution in [-0.2, 0) is 19.8 Å². The number of ether oxygens (including phenoxy) is 3. The Labute approximate surface area is 122 Å². The molecule has 0 aromatic heterocycles. The molecule has 1 unspecified atom stereocenters. The molecular formula is C14H19F2NO4. The zero-order valence-corrected chi connectivity index (χ0v) is 12.2. The number of methoxy groups -OCH3 is 2. The summed E-state index contributed by atoms with van der Waals surface area (Å²) in [6.45, 7) is -0.392. The SMILES string of the molecule is COCCNC(C)(C(=O)OC)c1ccc(OC(F)F)cc1. The number of halogens is 2. The van der Waals surface area contributed by atoms with Gasteiger partial charge in [-0.1, -0.05) is 12.1 Å². The first kappa shape index (κ1) is 17.3. The number of carbonyl (C=O) groups excluding carboxylic acids is 1. The van der Waals surface area contributed by atoms with E-state index in [-0.39, 0.29) is 5.75 Å². The van der Waals surface area contributed by atoms with Crippen LogP contribution in [0.4, 0.5) is 8.78 Å². The van der Waals surface area contributed by atoms with Gasteiger partial charge in [-0.3, -0.25) is 5.32 Å². The van der Waals surface area contributed by atoms with Crippen molar-refractivity contribution in [3.05, 3.63) is 29.8 Å². The van der Waals surface area contributed by atoms with Crippen LogP contribution >= 0.6 is 0 Å². The van der Waals surface area contributed by atoms with Gasteiger partial charge in [0, 0.05) is 13.7 Å². The molecule has 0 saturated heterocycles. The lowest BCUT2D eigenvalue weighted by Gasteiger charge is -2.28. The van der Waals surface area contributed by atoms with Crippen molar-refractivity contribution >= 4 is 5.97 Å². The molecule has 5 nitrogen and oxygen atoms in total. The Balaban J connectivity index is 2.94. The molecule has 0 aliphatic heterocycles. The molecular weight excluding hydrogens is 284 g/mol. The van der Waals surface area contributed by atoms with Crippen molar-refractivity contribution in [2.45, 2.75) is 19.1 Å². The third-order valence-corrected chi connectivity index (χ3v) is 3.04.